The Morgan fingerprint density at radius 1 is 0.544 bits per heavy atom. The number of aliphatic carboxylic acids is 2. The Balaban J connectivity index is 0.000000219. The van der Waals surface area contributed by atoms with Crippen molar-refractivity contribution in [1.82, 2.24) is 9.80 Å². The summed E-state index contributed by atoms with van der Waals surface area (Å²) in [4.78, 5) is 58.0. The molecule has 79 heavy (non-hydrogen) atoms. The molecule has 5 heterocycles. The summed E-state index contributed by atoms with van der Waals surface area (Å²) >= 11 is 25.2. The molecule has 14 heteroatoms. The normalized spacial score (nSPS) is 26.6. The molecular formula is C65H88Cl4N4O6. The quantitative estimate of drug-likeness (QED) is 0.0989. The summed E-state index contributed by atoms with van der Waals surface area (Å²) in [5, 5.41) is 26.1. The number of piperazine rings is 3. The Morgan fingerprint density at radius 2 is 0.886 bits per heavy atom. The Labute approximate surface area is 492 Å². The SMILES string of the molecule is CC(C)CC[C@H](C(C)C)N1C(=O)[C@@](C)(CC(=O)[O-])CC(c2cccc(Cl)c2)[C@H]1c1ccc(Cl)cc1.CC(C)CC[C@H](C(C)C)N1C(=O)[C@@](C)(CC(=O)[O-])CC(c2cccc(Cl)c2)[C@H]1c1ccc(Cl)cc1.C[N+]12CC[NH+](CC1)CC2. The Bertz CT molecular complexity index is 2490. The maximum atomic E-state index is 14.3. The third kappa shape index (κ3) is 16.5. The summed E-state index contributed by atoms with van der Waals surface area (Å²) in [6.07, 6.45) is 3.77. The first-order chi connectivity index (χ1) is 37.1. The lowest BCUT2D eigenvalue weighted by Crippen LogP contribution is -3.19. The monoisotopic (exact) mass is 1160 g/mol. The largest absolute Gasteiger partial charge is 0.550 e. The highest BCUT2D eigenvalue weighted by Gasteiger charge is 2.54. The molecule has 4 aromatic carbocycles. The van der Waals surface area contributed by atoms with Crippen molar-refractivity contribution in [2.45, 2.75) is 157 Å². The van der Waals surface area contributed by atoms with Crippen LogP contribution in [0.15, 0.2) is 97.1 Å². The van der Waals surface area contributed by atoms with E-state index in [2.05, 4.69) is 62.4 Å². The highest BCUT2D eigenvalue weighted by atomic mass is 35.5. The van der Waals surface area contributed by atoms with Gasteiger partial charge in [0, 0.05) is 68.8 Å². The lowest BCUT2D eigenvalue weighted by atomic mass is 9.66. The predicted octanol–water partition coefficient (Wildman–Crippen LogP) is 11.7. The van der Waals surface area contributed by atoms with Gasteiger partial charge in [0.25, 0.3) is 0 Å². The summed E-state index contributed by atoms with van der Waals surface area (Å²) < 4.78 is 1.36. The topological polar surface area (TPSA) is 125 Å². The smallest absolute Gasteiger partial charge is 0.229 e. The molecule has 8 atom stereocenters. The zero-order valence-electron chi connectivity index (χ0n) is 48.7. The maximum Gasteiger partial charge on any atom is 0.229 e. The minimum atomic E-state index is -1.21. The molecule has 5 aliphatic rings. The maximum absolute atomic E-state index is 14.3. The van der Waals surface area contributed by atoms with E-state index in [1.54, 1.807) is 13.8 Å². The van der Waals surface area contributed by atoms with Crippen LogP contribution < -0.4 is 15.1 Å². The first-order valence-corrected chi connectivity index (χ1v) is 30.4. The zero-order chi connectivity index (χ0) is 58.1. The van der Waals surface area contributed by atoms with E-state index >= 15 is 0 Å². The second kappa shape index (κ2) is 27.7. The van der Waals surface area contributed by atoms with Gasteiger partial charge in [-0.1, -0.05) is 164 Å². The molecule has 9 rings (SSSR count). The van der Waals surface area contributed by atoms with E-state index in [-0.39, 0.29) is 72.5 Å². The van der Waals surface area contributed by atoms with Crippen LogP contribution in [0.2, 0.25) is 20.1 Å². The molecule has 0 aromatic heterocycles. The average molecular weight is 1160 g/mol. The molecule has 0 saturated carbocycles. The van der Waals surface area contributed by atoms with Gasteiger partial charge in [-0.3, -0.25) is 9.59 Å². The van der Waals surface area contributed by atoms with Gasteiger partial charge in [-0.2, -0.15) is 0 Å². The van der Waals surface area contributed by atoms with E-state index in [4.69, 9.17) is 46.4 Å². The van der Waals surface area contributed by atoms with Crippen molar-refractivity contribution in [3.8, 4) is 0 Å². The number of benzene rings is 4. The van der Waals surface area contributed by atoms with Crippen LogP contribution >= 0.6 is 46.4 Å². The van der Waals surface area contributed by atoms with E-state index in [0.29, 0.717) is 44.8 Å². The van der Waals surface area contributed by atoms with E-state index in [0.717, 1.165) is 47.9 Å². The van der Waals surface area contributed by atoms with Gasteiger partial charge in [0.05, 0.1) is 30.0 Å². The minimum absolute atomic E-state index is 0.0476. The number of fused-ring (bicyclic) bond motifs is 3. The molecule has 10 nitrogen and oxygen atoms in total. The van der Waals surface area contributed by atoms with Crippen LogP contribution in [-0.2, 0) is 19.2 Å². The van der Waals surface area contributed by atoms with E-state index in [9.17, 15) is 29.4 Å². The molecular weight excluding hydrogens is 1070 g/mol. The zero-order valence-corrected chi connectivity index (χ0v) is 51.7. The molecule has 432 valence electrons. The number of quaternary nitrogens is 2. The molecule has 0 aliphatic carbocycles. The number of nitrogens with zero attached hydrogens (tertiary/aromatic N) is 3. The highest BCUT2D eigenvalue weighted by molar-refractivity contribution is 6.31. The Kier molecular flexibility index (Phi) is 22.5. The second-order valence-electron chi connectivity index (χ2n) is 25.7. The Hall–Kier alpha value is -4.16. The van der Waals surface area contributed by atoms with Gasteiger partial charge in [-0.15, -0.1) is 0 Å². The molecule has 5 saturated heterocycles. The number of halogens is 4. The molecule has 0 radical (unpaired) electrons. The summed E-state index contributed by atoms with van der Waals surface area (Å²) in [6.45, 7) is 29.4. The van der Waals surface area contributed by atoms with Crippen LogP contribution in [0.5, 0.6) is 0 Å². The van der Waals surface area contributed by atoms with Crippen molar-refractivity contribution in [3.63, 3.8) is 0 Å². The van der Waals surface area contributed by atoms with Gasteiger partial charge in [-0.05, 0) is 133 Å². The van der Waals surface area contributed by atoms with Gasteiger partial charge >= 0.3 is 0 Å². The number of carbonyl (C=O) groups is 4. The first-order valence-electron chi connectivity index (χ1n) is 28.9. The van der Waals surface area contributed by atoms with Crippen molar-refractivity contribution in [3.05, 3.63) is 139 Å². The number of amides is 2. The fourth-order valence-electron chi connectivity index (χ4n) is 13.0. The second-order valence-corrected chi connectivity index (χ2v) is 27.5. The highest BCUT2D eigenvalue weighted by Crippen LogP contribution is 2.55. The number of carboxylic acids is 2. The van der Waals surface area contributed by atoms with Gasteiger partial charge in [0.15, 0.2) is 0 Å². The van der Waals surface area contributed by atoms with Crippen LogP contribution in [0.25, 0.3) is 0 Å². The van der Waals surface area contributed by atoms with Crippen molar-refractivity contribution in [1.29, 1.82) is 0 Å². The number of likely N-dealkylation sites (N-methyl/N-ethyl adjacent to an activating group) is 1. The number of carbonyl (C=O) groups excluding carboxylic acids is 4. The van der Waals surface area contributed by atoms with Gasteiger partial charge < -0.3 is 39.0 Å². The minimum Gasteiger partial charge on any atom is -0.550 e. The third-order valence-corrected chi connectivity index (χ3v) is 18.6. The van der Waals surface area contributed by atoms with Crippen LogP contribution in [-0.4, -0.2) is 96.4 Å². The van der Waals surface area contributed by atoms with Crippen LogP contribution in [0, 0.1) is 34.5 Å². The molecule has 2 amide bonds. The lowest BCUT2D eigenvalue weighted by Gasteiger charge is -2.53. The van der Waals surface area contributed by atoms with Crippen LogP contribution in [0.4, 0.5) is 0 Å². The van der Waals surface area contributed by atoms with Crippen molar-refractivity contribution < 1.29 is 38.8 Å². The standard InChI is InChI=1S/2C29H37Cl2NO3.C7H15N2/c2*1-18(2)9-14-25(19(3)4)32-27(20-10-12-22(30)13-11-20)24(21-7-6-8-23(31)15-21)16-29(5,28(32)35)17-26(33)34;1-9-5-2-8(3-6-9)4-7-9/h2*6-8,10-13,15,18-19,24-25,27H,9,14,16-17H2,1-5H3,(H,33,34);2-7H2,1H3/q;;+1/p-1/t2*24?,25-,27-,29-;/m11./s1. The summed E-state index contributed by atoms with van der Waals surface area (Å²) in [6, 6.07) is 30.0. The predicted molar refractivity (Wildman–Crippen MR) is 317 cm³/mol. The Morgan fingerprint density at radius 3 is 1.15 bits per heavy atom. The molecule has 5 fully saturated rings. The van der Waals surface area contributed by atoms with Crippen molar-refractivity contribution in [2.75, 3.05) is 46.3 Å². The number of piperidine rings is 2. The molecule has 2 bridgehead atoms. The molecule has 5 aliphatic heterocycles. The number of hydrogen-bond donors (Lipinski definition) is 1. The molecule has 2 unspecified atom stereocenters. The summed E-state index contributed by atoms with van der Waals surface area (Å²) in [7, 11) is 2.40. The number of rotatable bonds is 18. The molecule has 0 spiro atoms. The summed E-state index contributed by atoms with van der Waals surface area (Å²) in [5.41, 5.74) is 1.79. The molecule has 1 N–H and O–H groups in total. The number of hydrogen-bond acceptors (Lipinski definition) is 6. The van der Waals surface area contributed by atoms with E-state index < -0.39 is 22.8 Å². The number of nitrogens with one attached hydrogen (secondary N) is 1. The lowest BCUT2D eigenvalue weighted by molar-refractivity contribution is -1.06. The van der Waals surface area contributed by atoms with Crippen LogP contribution in [0.1, 0.15) is 167 Å². The molecule has 4 aromatic rings. The first kappa shape index (κ1) is 64.0. The van der Waals surface area contributed by atoms with Crippen molar-refractivity contribution >= 4 is 70.2 Å². The fourth-order valence-corrected chi connectivity index (χ4v) is 13.7. The van der Waals surface area contributed by atoms with E-state index in [1.165, 1.54) is 43.8 Å². The number of carboxylic acid groups (broad SMARTS) is 2. The average Bonchev–Trinajstić information content (AvgIpc) is 3.41. The fraction of sp³-hybridized carbons (Fsp3) is 0.569. The van der Waals surface area contributed by atoms with Gasteiger partial charge in [-0.25, -0.2) is 0 Å². The van der Waals surface area contributed by atoms with E-state index in [1.807, 2.05) is 112 Å². The van der Waals surface area contributed by atoms with Gasteiger partial charge in [0.1, 0.15) is 39.3 Å². The third-order valence-electron chi connectivity index (χ3n) is 17.6. The van der Waals surface area contributed by atoms with Crippen LogP contribution in [0.3, 0.4) is 0 Å². The van der Waals surface area contributed by atoms with Gasteiger partial charge in [0.2, 0.25) is 11.8 Å². The van der Waals surface area contributed by atoms with Crippen molar-refractivity contribution in [2.24, 2.45) is 34.5 Å². The number of likely N-dealkylation sites (tertiary alicyclic amines) is 2. The summed E-state index contributed by atoms with van der Waals surface area (Å²) in [5.74, 6) is -1.58.